The number of nitrogens with zero attached hydrogens (tertiary/aromatic N) is 2. The van der Waals surface area contributed by atoms with Gasteiger partial charge in [-0.1, -0.05) is 36.4 Å². The molecule has 2 aromatic carbocycles. The summed E-state index contributed by atoms with van der Waals surface area (Å²) in [7, 11) is 0. The SMILES string of the molecule is N=C(/C=C\Nc1ccc(F)cc1)N(C(=O)c1cccs1)C1CCN(CCc2ccccc2)CC1. The van der Waals surface area contributed by atoms with E-state index in [1.165, 1.54) is 29.0 Å². The predicted octanol–water partition coefficient (Wildman–Crippen LogP) is 5.64. The number of carbonyl (C=O) groups excluding carboxylic acids is 1. The van der Waals surface area contributed by atoms with Gasteiger partial charge in [0.25, 0.3) is 5.91 Å². The summed E-state index contributed by atoms with van der Waals surface area (Å²) >= 11 is 1.40. The Morgan fingerprint density at radius 2 is 1.82 bits per heavy atom. The first-order valence-electron chi connectivity index (χ1n) is 11.5. The molecule has 7 heteroatoms. The van der Waals surface area contributed by atoms with Gasteiger partial charge in [0.05, 0.1) is 4.88 Å². The second kappa shape index (κ2) is 11.7. The van der Waals surface area contributed by atoms with Crippen molar-refractivity contribution in [2.24, 2.45) is 0 Å². The van der Waals surface area contributed by atoms with Gasteiger partial charge in [0.15, 0.2) is 0 Å². The van der Waals surface area contributed by atoms with Gasteiger partial charge in [-0.25, -0.2) is 4.39 Å². The number of benzene rings is 2. The van der Waals surface area contributed by atoms with Crippen molar-refractivity contribution in [2.75, 3.05) is 25.0 Å². The van der Waals surface area contributed by atoms with Crippen molar-refractivity contribution >= 4 is 28.8 Å². The van der Waals surface area contributed by atoms with Crippen LogP contribution in [0.2, 0.25) is 0 Å². The van der Waals surface area contributed by atoms with Crippen LogP contribution in [0.3, 0.4) is 0 Å². The highest BCUT2D eigenvalue weighted by Crippen LogP contribution is 2.22. The number of rotatable bonds is 8. The molecule has 1 amide bonds. The van der Waals surface area contributed by atoms with E-state index in [1.807, 2.05) is 23.6 Å². The summed E-state index contributed by atoms with van der Waals surface area (Å²) in [6, 6.07) is 20.1. The Morgan fingerprint density at radius 3 is 2.50 bits per heavy atom. The lowest BCUT2D eigenvalue weighted by Crippen LogP contribution is -2.49. The molecule has 1 aromatic heterocycles. The summed E-state index contributed by atoms with van der Waals surface area (Å²) in [5.41, 5.74) is 2.05. The van der Waals surface area contributed by atoms with Crippen LogP contribution in [-0.2, 0) is 6.42 Å². The lowest BCUT2D eigenvalue weighted by molar-refractivity contribution is 0.0740. The Labute approximate surface area is 204 Å². The number of carbonyl (C=O) groups is 1. The molecule has 3 aromatic rings. The fraction of sp³-hybridized carbons (Fsp3) is 0.259. The quantitative estimate of drug-likeness (QED) is 0.327. The summed E-state index contributed by atoms with van der Waals surface area (Å²) in [5.74, 6) is -0.282. The van der Waals surface area contributed by atoms with E-state index in [-0.39, 0.29) is 23.6 Å². The first-order chi connectivity index (χ1) is 16.6. The van der Waals surface area contributed by atoms with E-state index in [0.29, 0.717) is 10.6 Å². The van der Waals surface area contributed by atoms with Crippen LogP contribution in [-0.4, -0.2) is 47.2 Å². The number of likely N-dealkylation sites (tertiary alicyclic amines) is 1. The van der Waals surface area contributed by atoms with E-state index in [1.54, 1.807) is 29.3 Å². The summed E-state index contributed by atoms with van der Waals surface area (Å²) in [5, 5.41) is 13.6. The fourth-order valence-electron chi connectivity index (χ4n) is 4.17. The van der Waals surface area contributed by atoms with E-state index in [0.717, 1.165) is 38.9 Å². The van der Waals surface area contributed by atoms with Crippen LogP contribution >= 0.6 is 11.3 Å². The van der Waals surface area contributed by atoms with Crippen molar-refractivity contribution in [3.05, 3.63) is 101 Å². The van der Waals surface area contributed by atoms with Gasteiger partial charge in [0.2, 0.25) is 0 Å². The van der Waals surface area contributed by atoms with Gasteiger partial charge in [-0.05, 0) is 66.6 Å². The van der Waals surface area contributed by atoms with Crippen molar-refractivity contribution in [3.8, 4) is 0 Å². The molecule has 0 atom stereocenters. The average molecular weight is 477 g/mol. The zero-order valence-electron chi connectivity index (χ0n) is 19.0. The molecular formula is C27H29FN4OS. The standard InChI is InChI=1S/C27H29FN4OS/c28-22-8-10-23(11-9-22)30-16-12-26(29)32(27(33)25-7-4-20-34-25)24-14-18-31(19-15-24)17-13-21-5-2-1-3-6-21/h1-12,16,20,24,29-30H,13-15,17-19H2/b16-12-,29-26?. The average Bonchev–Trinajstić information content (AvgIpc) is 3.41. The molecule has 0 radical (unpaired) electrons. The molecule has 5 nitrogen and oxygen atoms in total. The van der Waals surface area contributed by atoms with Crippen LogP contribution in [0, 0.1) is 11.2 Å². The number of halogens is 1. The van der Waals surface area contributed by atoms with E-state index in [9.17, 15) is 9.18 Å². The molecule has 0 spiro atoms. The van der Waals surface area contributed by atoms with Crippen molar-refractivity contribution in [2.45, 2.75) is 25.3 Å². The van der Waals surface area contributed by atoms with Gasteiger partial charge < -0.3 is 10.2 Å². The van der Waals surface area contributed by atoms with Crippen LogP contribution in [0.15, 0.2) is 84.4 Å². The van der Waals surface area contributed by atoms with Gasteiger partial charge in [-0.3, -0.25) is 15.1 Å². The topological polar surface area (TPSA) is 59.4 Å². The Bertz CT molecular complexity index is 1090. The van der Waals surface area contributed by atoms with Crippen molar-refractivity contribution in [3.63, 3.8) is 0 Å². The minimum Gasteiger partial charge on any atom is -0.362 e. The molecule has 4 rings (SSSR count). The van der Waals surface area contributed by atoms with Crippen molar-refractivity contribution < 1.29 is 9.18 Å². The van der Waals surface area contributed by atoms with Crippen LogP contribution < -0.4 is 5.32 Å². The number of nitrogens with one attached hydrogen (secondary N) is 2. The maximum atomic E-state index is 13.3. The Morgan fingerprint density at radius 1 is 1.09 bits per heavy atom. The van der Waals surface area contributed by atoms with E-state index < -0.39 is 0 Å². The van der Waals surface area contributed by atoms with Crippen LogP contribution in [0.25, 0.3) is 0 Å². The van der Waals surface area contributed by atoms with Crippen LogP contribution in [0.1, 0.15) is 28.1 Å². The van der Waals surface area contributed by atoms with Gasteiger partial charge in [-0.15, -0.1) is 11.3 Å². The van der Waals surface area contributed by atoms with Gasteiger partial charge in [-0.2, -0.15) is 0 Å². The number of hydrogen-bond donors (Lipinski definition) is 2. The van der Waals surface area contributed by atoms with Crippen LogP contribution in [0.5, 0.6) is 0 Å². The summed E-state index contributed by atoms with van der Waals surface area (Å²) in [6.45, 7) is 2.79. The Hall–Kier alpha value is -3.29. The number of amidine groups is 1. The summed E-state index contributed by atoms with van der Waals surface area (Å²) in [4.78, 5) is 18.0. The third-order valence-corrected chi connectivity index (χ3v) is 6.89. The number of hydrogen-bond acceptors (Lipinski definition) is 5. The largest absolute Gasteiger partial charge is 0.362 e. The van der Waals surface area contributed by atoms with Gasteiger partial charge >= 0.3 is 0 Å². The highest BCUT2D eigenvalue weighted by Gasteiger charge is 2.31. The van der Waals surface area contributed by atoms with E-state index >= 15 is 0 Å². The maximum Gasteiger partial charge on any atom is 0.269 e. The maximum absolute atomic E-state index is 13.3. The zero-order valence-corrected chi connectivity index (χ0v) is 19.8. The van der Waals surface area contributed by atoms with Gasteiger partial charge in [0, 0.05) is 37.6 Å². The lowest BCUT2D eigenvalue weighted by Gasteiger charge is -2.38. The molecule has 1 aliphatic rings. The summed E-state index contributed by atoms with van der Waals surface area (Å²) < 4.78 is 13.1. The molecule has 1 fully saturated rings. The van der Waals surface area contributed by atoms with E-state index in [4.69, 9.17) is 5.41 Å². The molecule has 1 saturated heterocycles. The third-order valence-electron chi connectivity index (χ3n) is 6.03. The molecule has 176 valence electrons. The molecular weight excluding hydrogens is 447 g/mol. The highest BCUT2D eigenvalue weighted by atomic mass is 32.1. The first kappa shape index (κ1) is 23.9. The number of anilines is 1. The van der Waals surface area contributed by atoms with Crippen molar-refractivity contribution in [1.29, 1.82) is 5.41 Å². The molecule has 0 saturated carbocycles. The number of thiophene rings is 1. The normalized spacial score (nSPS) is 14.9. The van der Waals surface area contributed by atoms with Gasteiger partial charge in [0.1, 0.15) is 11.7 Å². The minimum absolute atomic E-state index is 0.0226. The molecule has 34 heavy (non-hydrogen) atoms. The fourth-order valence-corrected chi connectivity index (χ4v) is 4.83. The molecule has 0 bridgehead atoms. The monoisotopic (exact) mass is 476 g/mol. The second-order valence-corrected chi connectivity index (χ2v) is 9.28. The Balaban J connectivity index is 1.38. The molecule has 0 unspecified atom stereocenters. The predicted molar refractivity (Wildman–Crippen MR) is 137 cm³/mol. The minimum atomic E-state index is -0.301. The number of amides is 1. The Kier molecular flexibility index (Phi) is 8.22. The molecule has 2 heterocycles. The highest BCUT2D eigenvalue weighted by molar-refractivity contribution is 7.12. The van der Waals surface area contributed by atoms with E-state index in [2.05, 4.69) is 34.5 Å². The second-order valence-electron chi connectivity index (χ2n) is 8.33. The zero-order chi connectivity index (χ0) is 23.8. The third kappa shape index (κ3) is 6.40. The number of piperidine rings is 1. The molecule has 0 aliphatic carbocycles. The smallest absolute Gasteiger partial charge is 0.269 e. The lowest BCUT2D eigenvalue weighted by atomic mass is 10.0. The van der Waals surface area contributed by atoms with Crippen molar-refractivity contribution in [1.82, 2.24) is 9.80 Å². The van der Waals surface area contributed by atoms with Crippen LogP contribution in [0.4, 0.5) is 10.1 Å². The molecule has 1 aliphatic heterocycles. The summed E-state index contributed by atoms with van der Waals surface area (Å²) in [6.07, 6.45) is 5.88. The molecule has 2 N–H and O–H groups in total. The first-order valence-corrected chi connectivity index (χ1v) is 12.4.